The molecule has 0 aromatic heterocycles. The molecule has 3 aliphatic rings. The molecule has 2 N–H and O–H groups in total. The summed E-state index contributed by atoms with van der Waals surface area (Å²) in [6.45, 7) is 5.64. The quantitative estimate of drug-likeness (QED) is 0.337. The maximum Gasteiger partial charge on any atom is 0.225 e. The van der Waals surface area contributed by atoms with Crippen molar-refractivity contribution in [1.29, 1.82) is 0 Å². The highest BCUT2D eigenvalue weighted by Gasteiger charge is 2.32. The SMILES string of the molecule is CCNC(=NCCC1CCCCC1)NC1CCN(C(=O)C2CCCC2)C1.I. The Morgan fingerprint density at radius 3 is 2.44 bits per heavy atom. The fraction of sp³-hybridized carbons (Fsp3) is 0.905. The molecule has 0 bridgehead atoms. The van der Waals surface area contributed by atoms with Gasteiger partial charge in [0.1, 0.15) is 0 Å². The maximum atomic E-state index is 12.6. The molecule has 0 aromatic carbocycles. The fourth-order valence-electron chi connectivity index (χ4n) is 4.86. The van der Waals surface area contributed by atoms with Crippen molar-refractivity contribution in [2.45, 2.75) is 83.6 Å². The van der Waals surface area contributed by atoms with E-state index >= 15 is 0 Å². The highest BCUT2D eigenvalue weighted by Crippen LogP contribution is 2.28. The first-order chi connectivity index (χ1) is 12.8. The van der Waals surface area contributed by atoms with Crippen LogP contribution in [-0.4, -0.2) is 49.0 Å². The Morgan fingerprint density at radius 2 is 1.74 bits per heavy atom. The summed E-state index contributed by atoms with van der Waals surface area (Å²) in [7, 11) is 0. The first-order valence-electron chi connectivity index (χ1n) is 11.1. The molecule has 1 unspecified atom stereocenters. The van der Waals surface area contributed by atoms with Crippen LogP contribution in [0.1, 0.15) is 77.6 Å². The number of halogens is 1. The Morgan fingerprint density at radius 1 is 1.04 bits per heavy atom. The van der Waals surface area contributed by atoms with Crippen molar-refractivity contribution in [2.75, 3.05) is 26.2 Å². The van der Waals surface area contributed by atoms with Crippen LogP contribution in [-0.2, 0) is 4.79 Å². The maximum absolute atomic E-state index is 12.6. The van der Waals surface area contributed by atoms with Crippen molar-refractivity contribution in [1.82, 2.24) is 15.5 Å². The molecule has 0 aromatic rings. The largest absolute Gasteiger partial charge is 0.357 e. The van der Waals surface area contributed by atoms with Crippen molar-refractivity contribution in [3.8, 4) is 0 Å². The Labute approximate surface area is 182 Å². The number of guanidine groups is 1. The van der Waals surface area contributed by atoms with Gasteiger partial charge in [-0.15, -0.1) is 24.0 Å². The summed E-state index contributed by atoms with van der Waals surface area (Å²) in [5, 5.41) is 6.96. The standard InChI is InChI=1S/C21H38N4O.HI/c1-2-22-21(23-14-12-17-8-4-3-5-9-17)24-19-13-15-25(16-19)20(26)18-10-6-7-11-18;/h17-19H,2-16H2,1H3,(H2,22,23,24);1H. The number of hydrogen-bond donors (Lipinski definition) is 2. The van der Waals surface area contributed by atoms with Crippen LogP contribution in [0.4, 0.5) is 0 Å². The van der Waals surface area contributed by atoms with E-state index in [1.54, 1.807) is 0 Å². The van der Waals surface area contributed by atoms with Gasteiger partial charge < -0.3 is 15.5 Å². The van der Waals surface area contributed by atoms with E-state index in [0.29, 0.717) is 17.9 Å². The van der Waals surface area contributed by atoms with Gasteiger partial charge in [0.25, 0.3) is 0 Å². The number of nitrogens with zero attached hydrogens (tertiary/aromatic N) is 2. The number of amides is 1. The number of nitrogens with one attached hydrogen (secondary N) is 2. The van der Waals surface area contributed by atoms with Gasteiger partial charge in [0.15, 0.2) is 5.96 Å². The monoisotopic (exact) mass is 490 g/mol. The summed E-state index contributed by atoms with van der Waals surface area (Å²) in [5.74, 6) is 2.50. The van der Waals surface area contributed by atoms with E-state index in [1.165, 1.54) is 51.4 Å². The van der Waals surface area contributed by atoms with Crippen molar-refractivity contribution in [3.63, 3.8) is 0 Å². The van der Waals surface area contributed by atoms with Gasteiger partial charge in [-0.2, -0.15) is 0 Å². The van der Waals surface area contributed by atoms with Gasteiger partial charge >= 0.3 is 0 Å². The van der Waals surface area contributed by atoms with E-state index in [9.17, 15) is 4.79 Å². The smallest absolute Gasteiger partial charge is 0.225 e. The molecule has 1 heterocycles. The minimum absolute atomic E-state index is 0. The predicted octanol–water partition coefficient (Wildman–Crippen LogP) is 3.92. The Balaban J connectivity index is 0.00000261. The van der Waals surface area contributed by atoms with Crippen LogP contribution in [0.5, 0.6) is 0 Å². The van der Waals surface area contributed by atoms with Crippen LogP contribution in [0.3, 0.4) is 0 Å². The van der Waals surface area contributed by atoms with Crippen LogP contribution in [0.15, 0.2) is 4.99 Å². The lowest BCUT2D eigenvalue weighted by Crippen LogP contribution is -2.45. The van der Waals surface area contributed by atoms with Gasteiger partial charge in [-0.3, -0.25) is 9.79 Å². The number of aliphatic imine (C=N–C) groups is 1. The summed E-state index contributed by atoms with van der Waals surface area (Å²) in [4.78, 5) is 19.5. The van der Waals surface area contributed by atoms with Gasteiger partial charge in [0.2, 0.25) is 5.91 Å². The number of hydrogen-bond acceptors (Lipinski definition) is 2. The number of rotatable bonds is 6. The third-order valence-corrected chi connectivity index (χ3v) is 6.42. The molecule has 3 rings (SSSR count). The molecule has 1 saturated heterocycles. The van der Waals surface area contributed by atoms with Crippen LogP contribution < -0.4 is 10.6 Å². The molecule has 6 heteroatoms. The number of likely N-dealkylation sites (tertiary alicyclic amines) is 1. The molecule has 1 aliphatic heterocycles. The Hall–Kier alpha value is -0.530. The molecule has 3 fully saturated rings. The molecule has 1 amide bonds. The number of carbonyl (C=O) groups excluding carboxylic acids is 1. The van der Waals surface area contributed by atoms with Gasteiger partial charge in [0.05, 0.1) is 0 Å². The summed E-state index contributed by atoms with van der Waals surface area (Å²) in [6, 6.07) is 0.341. The average Bonchev–Trinajstić information content (AvgIpc) is 3.34. The van der Waals surface area contributed by atoms with Gasteiger partial charge in [-0.25, -0.2) is 0 Å². The molecule has 1 atom stereocenters. The van der Waals surface area contributed by atoms with Crippen LogP contribution in [0.2, 0.25) is 0 Å². The molecule has 2 saturated carbocycles. The van der Waals surface area contributed by atoms with Crippen LogP contribution in [0, 0.1) is 11.8 Å². The summed E-state index contributed by atoms with van der Waals surface area (Å²) >= 11 is 0. The molecular formula is C21H39IN4O. The number of carbonyl (C=O) groups is 1. The third-order valence-electron chi connectivity index (χ3n) is 6.42. The highest BCUT2D eigenvalue weighted by atomic mass is 127. The Bertz CT molecular complexity index is 473. The van der Waals surface area contributed by atoms with Gasteiger partial charge in [-0.1, -0.05) is 44.9 Å². The second kappa shape index (κ2) is 12.1. The molecule has 156 valence electrons. The molecular weight excluding hydrogens is 451 g/mol. The summed E-state index contributed by atoms with van der Waals surface area (Å²) in [5.41, 5.74) is 0. The lowest BCUT2D eigenvalue weighted by molar-refractivity contribution is -0.134. The normalized spacial score (nSPS) is 24.7. The van der Waals surface area contributed by atoms with Gasteiger partial charge in [0, 0.05) is 38.1 Å². The summed E-state index contributed by atoms with van der Waals surface area (Å²) in [6.07, 6.45) is 13.9. The minimum atomic E-state index is 0. The van der Waals surface area contributed by atoms with E-state index in [4.69, 9.17) is 4.99 Å². The van der Waals surface area contributed by atoms with Crippen molar-refractivity contribution >= 4 is 35.8 Å². The molecule has 27 heavy (non-hydrogen) atoms. The highest BCUT2D eigenvalue weighted by molar-refractivity contribution is 14.0. The topological polar surface area (TPSA) is 56.7 Å². The van der Waals surface area contributed by atoms with E-state index in [-0.39, 0.29) is 24.0 Å². The van der Waals surface area contributed by atoms with Crippen LogP contribution >= 0.6 is 24.0 Å². The second-order valence-electron chi connectivity index (χ2n) is 8.45. The van der Waals surface area contributed by atoms with Gasteiger partial charge in [-0.05, 0) is 38.5 Å². The zero-order valence-electron chi connectivity index (χ0n) is 17.0. The lowest BCUT2D eigenvalue weighted by Gasteiger charge is -2.22. The second-order valence-corrected chi connectivity index (χ2v) is 8.45. The zero-order chi connectivity index (χ0) is 18.2. The molecule has 5 nitrogen and oxygen atoms in total. The predicted molar refractivity (Wildman–Crippen MR) is 123 cm³/mol. The summed E-state index contributed by atoms with van der Waals surface area (Å²) < 4.78 is 0. The third kappa shape index (κ3) is 7.09. The van der Waals surface area contributed by atoms with Crippen molar-refractivity contribution in [2.24, 2.45) is 16.8 Å². The van der Waals surface area contributed by atoms with E-state index in [2.05, 4.69) is 22.5 Å². The van der Waals surface area contributed by atoms with E-state index < -0.39 is 0 Å². The average molecular weight is 490 g/mol. The van der Waals surface area contributed by atoms with Crippen LogP contribution in [0.25, 0.3) is 0 Å². The minimum Gasteiger partial charge on any atom is -0.357 e. The van der Waals surface area contributed by atoms with Crippen molar-refractivity contribution < 1.29 is 4.79 Å². The van der Waals surface area contributed by atoms with E-state index in [1.807, 2.05) is 0 Å². The molecule has 2 aliphatic carbocycles. The van der Waals surface area contributed by atoms with Crippen molar-refractivity contribution in [3.05, 3.63) is 0 Å². The molecule has 0 radical (unpaired) electrons. The Kier molecular flexibility index (Phi) is 10.2. The lowest BCUT2D eigenvalue weighted by atomic mass is 9.87. The first-order valence-corrected chi connectivity index (χ1v) is 11.1. The van der Waals surface area contributed by atoms with E-state index in [0.717, 1.165) is 57.3 Å². The first kappa shape index (κ1) is 22.8. The zero-order valence-corrected chi connectivity index (χ0v) is 19.4. The fourth-order valence-corrected chi connectivity index (χ4v) is 4.86. The molecule has 0 spiro atoms.